The zero-order chi connectivity index (χ0) is 15.8. The fourth-order valence-electron chi connectivity index (χ4n) is 2.09. The Morgan fingerprint density at radius 2 is 2.22 bits per heavy atom. The number of amides is 1. The maximum atomic E-state index is 12.4. The number of benzene rings is 1. The fraction of sp³-hybridized carbons (Fsp3) is 0. The van der Waals surface area contributed by atoms with Gasteiger partial charge in [-0.3, -0.25) is 15.2 Å². The Morgan fingerprint density at radius 1 is 1.30 bits per heavy atom. The van der Waals surface area contributed by atoms with Gasteiger partial charge in [0.05, 0.1) is 11.8 Å². The molecule has 0 unspecified atom stereocenters. The van der Waals surface area contributed by atoms with E-state index in [1.807, 2.05) is 0 Å². The van der Waals surface area contributed by atoms with Gasteiger partial charge in [0.1, 0.15) is 0 Å². The monoisotopic (exact) mass is 345 g/mol. The minimum Gasteiger partial charge on any atom is -0.462 e. The molecule has 1 amide bonds. The van der Waals surface area contributed by atoms with E-state index in [0.29, 0.717) is 26.3 Å². The van der Waals surface area contributed by atoms with Crippen molar-refractivity contribution in [3.05, 3.63) is 47.3 Å². The van der Waals surface area contributed by atoms with Crippen LogP contribution in [0.25, 0.3) is 21.7 Å². The molecule has 3 aromatic heterocycles. The molecule has 0 aliphatic carbocycles. The number of anilines is 1. The summed E-state index contributed by atoms with van der Waals surface area (Å²) in [5.74, 6) is 0.209. The van der Waals surface area contributed by atoms with Gasteiger partial charge < -0.3 is 4.42 Å². The first-order valence-electron chi connectivity index (χ1n) is 6.53. The topological polar surface area (TPSA) is 96.7 Å². The highest BCUT2D eigenvalue weighted by Crippen LogP contribution is 2.27. The van der Waals surface area contributed by atoms with E-state index in [2.05, 4.69) is 25.7 Å². The molecule has 3 heterocycles. The standard InChI is InChI=1S/C14H8ClN5O2S/c15-7-3-4-9-8(6-7)11(18-17-9)12(21)16-14-20-19-13(23-14)10-2-1-5-22-10/h1-6H,(H,17,18)(H,16,20,21). The molecule has 4 rings (SSSR count). The van der Waals surface area contributed by atoms with Gasteiger partial charge >= 0.3 is 0 Å². The van der Waals surface area contributed by atoms with Crippen molar-refractivity contribution in [3.63, 3.8) is 0 Å². The third kappa shape index (κ3) is 2.58. The number of halogens is 1. The van der Waals surface area contributed by atoms with E-state index >= 15 is 0 Å². The summed E-state index contributed by atoms with van der Waals surface area (Å²) in [4.78, 5) is 12.4. The highest BCUT2D eigenvalue weighted by molar-refractivity contribution is 7.18. The Bertz CT molecular complexity index is 992. The lowest BCUT2D eigenvalue weighted by Crippen LogP contribution is -2.12. The van der Waals surface area contributed by atoms with Gasteiger partial charge in [-0.15, -0.1) is 10.2 Å². The third-order valence-electron chi connectivity index (χ3n) is 3.12. The number of fused-ring (bicyclic) bond motifs is 1. The van der Waals surface area contributed by atoms with Gasteiger partial charge in [-0.2, -0.15) is 5.10 Å². The Kier molecular flexibility index (Phi) is 3.32. The predicted octanol–water partition coefficient (Wildman–Crippen LogP) is 3.58. The summed E-state index contributed by atoms with van der Waals surface area (Å²) < 4.78 is 5.24. The molecule has 0 spiro atoms. The summed E-state index contributed by atoms with van der Waals surface area (Å²) in [6.07, 6.45) is 1.55. The molecular weight excluding hydrogens is 338 g/mol. The van der Waals surface area contributed by atoms with Crippen LogP contribution >= 0.6 is 22.9 Å². The molecule has 0 bridgehead atoms. The van der Waals surface area contributed by atoms with Crippen LogP contribution in [0.15, 0.2) is 41.0 Å². The van der Waals surface area contributed by atoms with E-state index in [9.17, 15) is 4.79 Å². The van der Waals surface area contributed by atoms with Gasteiger partial charge in [0, 0.05) is 10.4 Å². The van der Waals surface area contributed by atoms with Gasteiger partial charge in [0.2, 0.25) is 5.13 Å². The highest BCUT2D eigenvalue weighted by Gasteiger charge is 2.17. The van der Waals surface area contributed by atoms with Crippen molar-refractivity contribution >= 4 is 44.9 Å². The number of nitrogens with zero attached hydrogens (tertiary/aromatic N) is 3. The van der Waals surface area contributed by atoms with Gasteiger partial charge in [-0.05, 0) is 30.3 Å². The zero-order valence-electron chi connectivity index (χ0n) is 11.4. The third-order valence-corrected chi connectivity index (χ3v) is 4.21. The molecule has 4 aromatic rings. The first kappa shape index (κ1) is 13.9. The Balaban J connectivity index is 1.61. The van der Waals surface area contributed by atoms with Crippen LogP contribution < -0.4 is 5.32 Å². The Hall–Kier alpha value is -2.71. The van der Waals surface area contributed by atoms with Crippen molar-refractivity contribution in [1.29, 1.82) is 0 Å². The summed E-state index contributed by atoms with van der Waals surface area (Å²) in [7, 11) is 0. The van der Waals surface area contributed by atoms with Crippen molar-refractivity contribution in [3.8, 4) is 10.8 Å². The lowest BCUT2D eigenvalue weighted by atomic mass is 10.2. The van der Waals surface area contributed by atoms with Crippen LogP contribution in [-0.4, -0.2) is 26.3 Å². The van der Waals surface area contributed by atoms with Crippen LogP contribution in [0.3, 0.4) is 0 Å². The molecule has 7 nitrogen and oxygen atoms in total. The quantitative estimate of drug-likeness (QED) is 0.591. The molecule has 0 radical (unpaired) electrons. The van der Waals surface area contributed by atoms with E-state index in [0.717, 1.165) is 5.52 Å². The summed E-state index contributed by atoms with van der Waals surface area (Å²) in [5.41, 5.74) is 0.977. The molecule has 0 aliphatic rings. The van der Waals surface area contributed by atoms with Crippen LogP contribution in [0.1, 0.15) is 10.5 Å². The second kappa shape index (κ2) is 5.49. The minimum atomic E-state index is -0.388. The number of hydrogen-bond acceptors (Lipinski definition) is 6. The number of nitrogens with one attached hydrogen (secondary N) is 2. The summed E-state index contributed by atoms with van der Waals surface area (Å²) in [5, 5.41) is 19.5. The minimum absolute atomic E-state index is 0.247. The van der Waals surface area contributed by atoms with Crippen molar-refractivity contribution in [2.75, 3.05) is 5.32 Å². The molecule has 0 aliphatic heterocycles. The van der Waals surface area contributed by atoms with E-state index in [1.54, 1.807) is 36.6 Å². The van der Waals surface area contributed by atoms with Crippen molar-refractivity contribution < 1.29 is 9.21 Å². The molecule has 0 atom stereocenters. The van der Waals surface area contributed by atoms with Crippen LogP contribution in [0.2, 0.25) is 5.02 Å². The first-order chi connectivity index (χ1) is 11.2. The molecule has 2 N–H and O–H groups in total. The molecule has 1 aromatic carbocycles. The summed E-state index contributed by atoms with van der Waals surface area (Å²) >= 11 is 7.18. The average Bonchev–Trinajstić information content (AvgIpc) is 3.26. The smallest absolute Gasteiger partial charge is 0.278 e. The second-order valence-electron chi connectivity index (χ2n) is 4.61. The second-order valence-corrected chi connectivity index (χ2v) is 6.02. The van der Waals surface area contributed by atoms with E-state index in [4.69, 9.17) is 16.0 Å². The number of H-pyrrole nitrogens is 1. The van der Waals surface area contributed by atoms with E-state index < -0.39 is 0 Å². The average molecular weight is 346 g/mol. The normalized spacial score (nSPS) is 11.0. The van der Waals surface area contributed by atoms with E-state index in [1.165, 1.54) is 11.3 Å². The molecule has 114 valence electrons. The van der Waals surface area contributed by atoms with Gasteiger partial charge in [0.25, 0.3) is 5.91 Å². The predicted molar refractivity (Wildman–Crippen MR) is 86.7 cm³/mol. The van der Waals surface area contributed by atoms with Crippen molar-refractivity contribution in [1.82, 2.24) is 20.4 Å². The molecule has 9 heteroatoms. The van der Waals surface area contributed by atoms with Crippen molar-refractivity contribution in [2.45, 2.75) is 0 Å². The maximum Gasteiger partial charge on any atom is 0.278 e. The van der Waals surface area contributed by atoms with Gasteiger partial charge in [-0.1, -0.05) is 22.9 Å². The molecule has 0 fully saturated rings. The first-order valence-corrected chi connectivity index (χ1v) is 7.72. The van der Waals surface area contributed by atoms with Crippen LogP contribution in [0, 0.1) is 0 Å². The van der Waals surface area contributed by atoms with Gasteiger partial charge in [-0.25, -0.2) is 0 Å². The number of hydrogen-bond donors (Lipinski definition) is 2. The van der Waals surface area contributed by atoms with Crippen LogP contribution in [0.4, 0.5) is 5.13 Å². The number of aromatic amines is 1. The number of carbonyl (C=O) groups excluding carboxylic acids is 1. The Labute approximate surface area is 138 Å². The van der Waals surface area contributed by atoms with Gasteiger partial charge in [0.15, 0.2) is 16.5 Å². The summed E-state index contributed by atoms with van der Waals surface area (Å²) in [6.45, 7) is 0. The highest BCUT2D eigenvalue weighted by atomic mass is 35.5. The molecule has 23 heavy (non-hydrogen) atoms. The lowest BCUT2D eigenvalue weighted by Gasteiger charge is -1.98. The summed E-state index contributed by atoms with van der Waals surface area (Å²) in [6, 6.07) is 8.71. The fourth-order valence-corrected chi connectivity index (χ4v) is 2.97. The van der Waals surface area contributed by atoms with Crippen molar-refractivity contribution in [2.24, 2.45) is 0 Å². The van der Waals surface area contributed by atoms with E-state index in [-0.39, 0.29) is 11.6 Å². The number of rotatable bonds is 3. The lowest BCUT2D eigenvalue weighted by molar-refractivity contribution is 0.102. The van der Waals surface area contributed by atoms with Crippen LogP contribution in [-0.2, 0) is 0 Å². The molecule has 0 saturated carbocycles. The zero-order valence-corrected chi connectivity index (χ0v) is 13.0. The molecular formula is C14H8ClN5O2S. The molecule has 0 saturated heterocycles. The Morgan fingerprint density at radius 3 is 3.04 bits per heavy atom. The number of furan rings is 1. The van der Waals surface area contributed by atoms with Crippen LogP contribution in [0.5, 0.6) is 0 Å². The largest absolute Gasteiger partial charge is 0.462 e. The number of carbonyl (C=O) groups is 1. The maximum absolute atomic E-state index is 12.4. The number of aromatic nitrogens is 4. The SMILES string of the molecule is O=C(Nc1nnc(-c2ccco2)s1)c1n[nH]c2ccc(Cl)cc12.